The third-order valence-electron chi connectivity index (χ3n) is 7.44. The highest BCUT2D eigenvalue weighted by Gasteiger charge is 2.32. The number of nitrogens with two attached hydrogens (primary N) is 1. The zero-order valence-corrected chi connectivity index (χ0v) is 18.8. The van der Waals surface area contributed by atoms with Crippen LogP contribution in [0.15, 0.2) is 72.8 Å². The van der Waals surface area contributed by atoms with Gasteiger partial charge in [-0.25, -0.2) is 0 Å². The van der Waals surface area contributed by atoms with Crippen LogP contribution in [0.4, 0.5) is 5.69 Å². The van der Waals surface area contributed by atoms with E-state index in [1.807, 2.05) is 12.1 Å². The van der Waals surface area contributed by atoms with Crippen molar-refractivity contribution in [1.29, 1.82) is 0 Å². The number of fused-ring (bicyclic) bond motifs is 1. The van der Waals surface area contributed by atoms with Crippen LogP contribution in [0.3, 0.4) is 0 Å². The van der Waals surface area contributed by atoms with Gasteiger partial charge in [-0.15, -0.1) is 0 Å². The number of phenolic OH excluding ortho intramolecular Hbond substituents is 1. The average Bonchev–Trinajstić information content (AvgIpc) is 2.81. The fourth-order valence-electron chi connectivity index (χ4n) is 5.77. The molecular weight excluding hydrogens is 392 g/mol. The van der Waals surface area contributed by atoms with Crippen LogP contribution in [-0.4, -0.2) is 24.2 Å². The maximum Gasteiger partial charge on any atom is 0.115 e. The number of anilines is 1. The molecule has 5 rings (SSSR count). The lowest BCUT2D eigenvalue weighted by atomic mass is 9.69. The van der Waals surface area contributed by atoms with Gasteiger partial charge in [0.1, 0.15) is 5.75 Å². The Hall–Kier alpha value is -2.78. The van der Waals surface area contributed by atoms with Gasteiger partial charge in [-0.1, -0.05) is 48.5 Å². The van der Waals surface area contributed by atoms with E-state index in [2.05, 4.69) is 65.6 Å². The van der Waals surface area contributed by atoms with Crippen LogP contribution in [-0.2, 0) is 6.42 Å². The topological polar surface area (TPSA) is 49.5 Å². The van der Waals surface area contributed by atoms with Gasteiger partial charge in [0.05, 0.1) is 0 Å². The van der Waals surface area contributed by atoms with Gasteiger partial charge in [0.25, 0.3) is 0 Å². The summed E-state index contributed by atoms with van der Waals surface area (Å²) in [6.45, 7) is 2.18. The smallest absolute Gasteiger partial charge is 0.115 e. The van der Waals surface area contributed by atoms with Gasteiger partial charge in [0.2, 0.25) is 0 Å². The first-order valence-corrected chi connectivity index (χ1v) is 12.2. The average molecular weight is 427 g/mol. The first-order chi connectivity index (χ1) is 15.7. The molecule has 0 spiro atoms. The Morgan fingerprint density at radius 2 is 1.50 bits per heavy atom. The highest BCUT2D eigenvalue weighted by atomic mass is 16.3. The molecule has 3 N–H and O–H groups in total. The number of phenols is 1. The van der Waals surface area contributed by atoms with Crippen molar-refractivity contribution in [3.63, 3.8) is 0 Å². The van der Waals surface area contributed by atoms with Gasteiger partial charge < -0.3 is 15.7 Å². The molecule has 32 heavy (non-hydrogen) atoms. The molecular formula is C29H34N2O. The number of aromatic hydroxyl groups is 1. The molecule has 2 aliphatic rings. The third-order valence-corrected chi connectivity index (χ3v) is 7.44. The predicted octanol–water partition coefficient (Wildman–Crippen LogP) is 5.96. The number of hydrogen-bond acceptors (Lipinski definition) is 3. The van der Waals surface area contributed by atoms with Gasteiger partial charge in [-0.05, 0) is 91.0 Å². The molecule has 0 aromatic heterocycles. The molecule has 0 amide bonds. The van der Waals surface area contributed by atoms with Crippen molar-refractivity contribution in [2.75, 3.05) is 18.0 Å². The molecule has 3 aromatic carbocycles. The van der Waals surface area contributed by atoms with Crippen LogP contribution in [0.25, 0.3) is 0 Å². The summed E-state index contributed by atoms with van der Waals surface area (Å²) >= 11 is 0. The maximum atomic E-state index is 10.1. The summed E-state index contributed by atoms with van der Waals surface area (Å²) in [7, 11) is 0. The standard InChI is InChI=1S/C29H34N2O/c30-24-8-4-18-31(19-5-9-24)25-13-10-22(11-14-25)29-27(21-6-2-1-3-7-21)16-12-23-20-26(32)15-17-28(23)29/h1-3,6-7,10-11,13-15,17,20,24,27,29,32H,4-5,8-9,12,16,18-19,30H2. The Kier molecular flexibility index (Phi) is 6.18. The Morgan fingerprint density at radius 3 is 2.22 bits per heavy atom. The lowest BCUT2D eigenvalue weighted by molar-refractivity contribution is 0.469. The van der Waals surface area contributed by atoms with Crippen molar-refractivity contribution in [2.24, 2.45) is 5.73 Å². The number of aryl methyl sites for hydroxylation is 1. The quantitative estimate of drug-likeness (QED) is 0.543. The van der Waals surface area contributed by atoms with Crippen molar-refractivity contribution >= 4 is 5.69 Å². The lowest BCUT2D eigenvalue weighted by Crippen LogP contribution is -2.32. The fourth-order valence-corrected chi connectivity index (χ4v) is 5.77. The van der Waals surface area contributed by atoms with Gasteiger partial charge in [-0.3, -0.25) is 0 Å². The van der Waals surface area contributed by atoms with E-state index in [0.29, 0.717) is 23.6 Å². The summed E-state index contributed by atoms with van der Waals surface area (Å²) in [5.41, 5.74) is 12.9. The SMILES string of the molecule is NC1CCCN(c2ccc(C3c4ccc(O)cc4CCC3c3ccccc3)cc2)CCC1. The maximum absolute atomic E-state index is 10.1. The molecule has 1 heterocycles. The minimum absolute atomic E-state index is 0.307. The first kappa shape index (κ1) is 21.1. The first-order valence-electron chi connectivity index (χ1n) is 12.2. The van der Waals surface area contributed by atoms with Crippen molar-refractivity contribution in [2.45, 2.75) is 56.4 Å². The second-order valence-electron chi connectivity index (χ2n) is 9.54. The van der Waals surface area contributed by atoms with Crippen LogP contribution >= 0.6 is 0 Å². The van der Waals surface area contributed by atoms with Crippen molar-refractivity contribution in [3.8, 4) is 5.75 Å². The van der Waals surface area contributed by atoms with E-state index in [1.165, 1.54) is 40.8 Å². The Morgan fingerprint density at radius 1 is 0.781 bits per heavy atom. The van der Waals surface area contributed by atoms with Crippen molar-refractivity contribution in [3.05, 3.63) is 95.1 Å². The van der Waals surface area contributed by atoms with Crippen molar-refractivity contribution < 1.29 is 5.11 Å². The minimum atomic E-state index is 0.307. The molecule has 3 heteroatoms. The highest BCUT2D eigenvalue weighted by molar-refractivity contribution is 5.52. The summed E-state index contributed by atoms with van der Waals surface area (Å²) < 4.78 is 0. The summed E-state index contributed by atoms with van der Waals surface area (Å²) in [4.78, 5) is 2.52. The summed E-state index contributed by atoms with van der Waals surface area (Å²) in [6.07, 6.45) is 6.68. The minimum Gasteiger partial charge on any atom is -0.508 e. The lowest BCUT2D eigenvalue weighted by Gasteiger charge is -2.35. The molecule has 1 saturated heterocycles. The largest absolute Gasteiger partial charge is 0.508 e. The molecule has 1 aliphatic heterocycles. The van der Waals surface area contributed by atoms with Gasteiger partial charge in [0, 0.05) is 30.7 Å². The zero-order valence-electron chi connectivity index (χ0n) is 18.8. The molecule has 1 fully saturated rings. The van der Waals surface area contributed by atoms with E-state index in [0.717, 1.165) is 38.8 Å². The Balaban J connectivity index is 1.46. The molecule has 166 valence electrons. The van der Waals surface area contributed by atoms with Crippen LogP contribution in [0.1, 0.15) is 66.2 Å². The Labute approximate surface area is 191 Å². The third kappa shape index (κ3) is 4.40. The molecule has 0 saturated carbocycles. The molecule has 2 atom stereocenters. The van der Waals surface area contributed by atoms with Gasteiger partial charge >= 0.3 is 0 Å². The summed E-state index contributed by atoms with van der Waals surface area (Å²) in [5.74, 6) is 1.12. The number of rotatable bonds is 3. The normalized spacial score (nSPS) is 22.1. The molecule has 1 aliphatic carbocycles. The van der Waals surface area contributed by atoms with Crippen molar-refractivity contribution in [1.82, 2.24) is 0 Å². The van der Waals surface area contributed by atoms with Crippen LogP contribution < -0.4 is 10.6 Å². The molecule has 3 nitrogen and oxygen atoms in total. The second kappa shape index (κ2) is 9.38. The predicted molar refractivity (Wildman–Crippen MR) is 133 cm³/mol. The van der Waals surface area contributed by atoms with Gasteiger partial charge in [-0.2, -0.15) is 0 Å². The van der Waals surface area contributed by atoms with Gasteiger partial charge in [0.15, 0.2) is 0 Å². The monoisotopic (exact) mass is 426 g/mol. The molecule has 0 bridgehead atoms. The second-order valence-corrected chi connectivity index (χ2v) is 9.54. The van der Waals surface area contributed by atoms with E-state index in [1.54, 1.807) is 0 Å². The molecule has 2 unspecified atom stereocenters. The van der Waals surface area contributed by atoms with Crippen LogP contribution in [0, 0.1) is 0 Å². The zero-order chi connectivity index (χ0) is 21.9. The summed E-state index contributed by atoms with van der Waals surface area (Å²) in [6, 6.07) is 26.5. The van der Waals surface area contributed by atoms with Crippen LogP contribution in [0.2, 0.25) is 0 Å². The molecule has 0 radical (unpaired) electrons. The molecule has 3 aromatic rings. The number of hydrogen-bond donors (Lipinski definition) is 2. The van der Waals surface area contributed by atoms with E-state index >= 15 is 0 Å². The van der Waals surface area contributed by atoms with Crippen LogP contribution in [0.5, 0.6) is 5.75 Å². The van der Waals surface area contributed by atoms with E-state index in [-0.39, 0.29) is 0 Å². The van der Waals surface area contributed by atoms with E-state index in [4.69, 9.17) is 5.73 Å². The highest BCUT2D eigenvalue weighted by Crippen LogP contribution is 2.47. The van der Waals surface area contributed by atoms with E-state index < -0.39 is 0 Å². The number of benzene rings is 3. The number of nitrogens with zero attached hydrogens (tertiary/aromatic N) is 1. The van der Waals surface area contributed by atoms with E-state index in [9.17, 15) is 5.11 Å². The summed E-state index contributed by atoms with van der Waals surface area (Å²) in [5, 5.41) is 10.1. The Bertz CT molecular complexity index is 1020. The fraction of sp³-hybridized carbons (Fsp3) is 0.379.